The van der Waals surface area contributed by atoms with Crippen LogP contribution in [-0.4, -0.2) is 0 Å². The van der Waals surface area contributed by atoms with E-state index in [0.717, 1.165) is 5.69 Å². The first kappa shape index (κ1) is 11.1. The third-order valence-electron chi connectivity index (χ3n) is 2.11. The van der Waals surface area contributed by atoms with E-state index in [2.05, 4.69) is 5.32 Å². The largest absolute Gasteiger partial charge is 0.399 e. The average Bonchev–Trinajstić information content (AvgIpc) is 2.25. The van der Waals surface area contributed by atoms with Crippen molar-refractivity contribution in [3.05, 3.63) is 52.5 Å². The van der Waals surface area contributed by atoms with E-state index >= 15 is 0 Å². The Morgan fingerprint density at radius 2 is 1.50 bits per heavy atom. The van der Waals surface area contributed by atoms with Gasteiger partial charge in [0, 0.05) is 11.4 Å². The molecule has 0 heterocycles. The van der Waals surface area contributed by atoms with E-state index in [0.29, 0.717) is 21.4 Å². The molecule has 2 aromatic carbocycles. The summed E-state index contributed by atoms with van der Waals surface area (Å²) in [6.45, 7) is 0. The van der Waals surface area contributed by atoms with Crippen molar-refractivity contribution in [2.45, 2.75) is 0 Å². The number of hydrogen-bond donors (Lipinski definition) is 2. The molecule has 0 fully saturated rings. The van der Waals surface area contributed by atoms with Crippen molar-refractivity contribution in [3.63, 3.8) is 0 Å². The molecule has 0 spiro atoms. The van der Waals surface area contributed by atoms with Gasteiger partial charge in [0.2, 0.25) is 0 Å². The van der Waals surface area contributed by atoms with Gasteiger partial charge in [-0.15, -0.1) is 0 Å². The molecule has 82 valence electrons. The van der Waals surface area contributed by atoms with E-state index < -0.39 is 0 Å². The first-order valence-corrected chi connectivity index (χ1v) is 5.49. The molecule has 0 unspecified atom stereocenters. The van der Waals surface area contributed by atoms with Crippen LogP contribution in [-0.2, 0) is 0 Å². The fraction of sp³-hybridized carbons (Fsp3) is 0. The Balaban J connectivity index is 2.35. The van der Waals surface area contributed by atoms with Crippen LogP contribution in [0.5, 0.6) is 0 Å². The van der Waals surface area contributed by atoms with Crippen molar-refractivity contribution in [1.82, 2.24) is 0 Å². The number of halogens is 2. The van der Waals surface area contributed by atoms with Gasteiger partial charge in [-0.25, -0.2) is 0 Å². The van der Waals surface area contributed by atoms with E-state index in [-0.39, 0.29) is 0 Å². The van der Waals surface area contributed by atoms with Gasteiger partial charge in [-0.05, 0) is 24.3 Å². The van der Waals surface area contributed by atoms with E-state index in [1.54, 1.807) is 12.1 Å². The maximum absolute atomic E-state index is 6.06. The molecule has 2 nitrogen and oxygen atoms in total. The molecule has 0 saturated carbocycles. The Morgan fingerprint density at radius 1 is 0.938 bits per heavy atom. The average molecular weight is 253 g/mol. The third-order valence-corrected chi connectivity index (χ3v) is 2.70. The highest BCUT2D eigenvalue weighted by molar-refractivity contribution is 6.39. The molecule has 16 heavy (non-hydrogen) atoms. The lowest BCUT2D eigenvalue weighted by atomic mass is 10.2. The lowest BCUT2D eigenvalue weighted by molar-refractivity contribution is 1.55. The number of anilines is 3. The highest BCUT2D eigenvalue weighted by atomic mass is 35.5. The Kier molecular flexibility index (Phi) is 3.22. The predicted molar refractivity (Wildman–Crippen MR) is 70.6 cm³/mol. The molecule has 4 heteroatoms. The van der Waals surface area contributed by atoms with Crippen LogP contribution in [0.4, 0.5) is 17.1 Å². The van der Waals surface area contributed by atoms with Crippen LogP contribution in [0.1, 0.15) is 0 Å². The van der Waals surface area contributed by atoms with Crippen molar-refractivity contribution in [2.24, 2.45) is 0 Å². The second-order valence-corrected chi connectivity index (χ2v) is 4.16. The molecule has 0 atom stereocenters. The fourth-order valence-corrected chi connectivity index (χ4v) is 1.98. The third kappa shape index (κ3) is 2.40. The molecule has 0 bridgehead atoms. The highest BCUT2D eigenvalue weighted by Crippen LogP contribution is 2.34. The summed E-state index contributed by atoms with van der Waals surface area (Å²) in [7, 11) is 0. The van der Waals surface area contributed by atoms with E-state index in [1.165, 1.54) is 0 Å². The lowest BCUT2D eigenvalue weighted by Gasteiger charge is -2.11. The fourth-order valence-electron chi connectivity index (χ4n) is 1.38. The summed E-state index contributed by atoms with van der Waals surface area (Å²) in [5, 5.41) is 4.16. The van der Waals surface area contributed by atoms with Gasteiger partial charge in [0.25, 0.3) is 0 Å². The zero-order valence-electron chi connectivity index (χ0n) is 8.37. The topological polar surface area (TPSA) is 38.0 Å². The Bertz CT molecular complexity index is 475. The van der Waals surface area contributed by atoms with Gasteiger partial charge in [0.1, 0.15) is 0 Å². The molecule has 0 amide bonds. The molecular weight excluding hydrogens is 243 g/mol. The second-order valence-electron chi connectivity index (χ2n) is 3.35. The van der Waals surface area contributed by atoms with Crippen molar-refractivity contribution in [2.75, 3.05) is 11.1 Å². The highest BCUT2D eigenvalue weighted by Gasteiger charge is 2.07. The SMILES string of the molecule is Nc1cc(Cl)c(Nc2ccccc2)c(Cl)c1. The monoisotopic (exact) mass is 252 g/mol. The molecule has 3 N–H and O–H groups in total. The van der Waals surface area contributed by atoms with Gasteiger partial charge >= 0.3 is 0 Å². The Morgan fingerprint density at radius 3 is 2.06 bits per heavy atom. The molecule has 0 aliphatic rings. The van der Waals surface area contributed by atoms with Gasteiger partial charge in [-0.1, -0.05) is 41.4 Å². The van der Waals surface area contributed by atoms with E-state index in [1.807, 2.05) is 30.3 Å². The zero-order valence-corrected chi connectivity index (χ0v) is 9.89. The van der Waals surface area contributed by atoms with Crippen LogP contribution in [0.3, 0.4) is 0 Å². The maximum atomic E-state index is 6.06. The van der Waals surface area contributed by atoms with Crippen LogP contribution in [0.2, 0.25) is 10.0 Å². The number of nitrogen functional groups attached to an aromatic ring is 1. The second kappa shape index (κ2) is 4.64. The van der Waals surface area contributed by atoms with Crippen LogP contribution < -0.4 is 11.1 Å². The molecule has 0 saturated heterocycles. The van der Waals surface area contributed by atoms with Crippen molar-refractivity contribution in [3.8, 4) is 0 Å². The van der Waals surface area contributed by atoms with Crippen LogP contribution in [0.25, 0.3) is 0 Å². The predicted octanol–water partition coefficient (Wildman–Crippen LogP) is 4.32. The summed E-state index contributed by atoms with van der Waals surface area (Å²) in [6, 6.07) is 13.0. The van der Waals surface area contributed by atoms with E-state index in [9.17, 15) is 0 Å². The molecule has 0 aromatic heterocycles. The Hall–Kier alpha value is -1.38. The number of para-hydroxylation sites is 1. The minimum atomic E-state index is 0.508. The summed E-state index contributed by atoms with van der Waals surface area (Å²) in [4.78, 5) is 0. The quantitative estimate of drug-likeness (QED) is 0.782. The first-order valence-electron chi connectivity index (χ1n) is 4.73. The number of rotatable bonds is 2. The molecule has 0 aliphatic heterocycles. The number of benzene rings is 2. The minimum Gasteiger partial charge on any atom is -0.399 e. The molecule has 0 radical (unpaired) electrons. The summed E-state index contributed by atoms with van der Waals surface area (Å²) < 4.78 is 0. The van der Waals surface area contributed by atoms with Crippen LogP contribution in [0.15, 0.2) is 42.5 Å². The smallest absolute Gasteiger partial charge is 0.0764 e. The number of hydrogen-bond acceptors (Lipinski definition) is 2. The number of nitrogens with one attached hydrogen (secondary N) is 1. The van der Waals surface area contributed by atoms with Crippen LogP contribution in [0, 0.1) is 0 Å². The van der Waals surface area contributed by atoms with E-state index in [4.69, 9.17) is 28.9 Å². The number of nitrogens with two attached hydrogens (primary N) is 1. The summed E-state index contributed by atoms with van der Waals surface area (Å²) in [5.41, 5.74) is 7.77. The van der Waals surface area contributed by atoms with Gasteiger partial charge in [0.15, 0.2) is 0 Å². The molecular formula is C12H10Cl2N2. The standard InChI is InChI=1S/C12H10Cl2N2/c13-10-6-8(15)7-11(14)12(10)16-9-4-2-1-3-5-9/h1-7,16H,15H2. The van der Waals surface area contributed by atoms with Crippen molar-refractivity contribution < 1.29 is 0 Å². The van der Waals surface area contributed by atoms with Gasteiger partial charge < -0.3 is 11.1 Å². The van der Waals surface area contributed by atoms with Gasteiger partial charge in [0.05, 0.1) is 15.7 Å². The molecule has 0 aliphatic carbocycles. The first-order chi connectivity index (χ1) is 7.66. The maximum Gasteiger partial charge on any atom is 0.0764 e. The molecule has 2 rings (SSSR count). The summed E-state index contributed by atoms with van der Waals surface area (Å²) >= 11 is 12.1. The van der Waals surface area contributed by atoms with Gasteiger partial charge in [-0.2, -0.15) is 0 Å². The van der Waals surface area contributed by atoms with Crippen molar-refractivity contribution in [1.29, 1.82) is 0 Å². The summed E-state index contributed by atoms with van der Waals surface area (Å²) in [6.07, 6.45) is 0. The normalized spacial score (nSPS) is 10.1. The Labute approximate surface area is 104 Å². The lowest BCUT2D eigenvalue weighted by Crippen LogP contribution is -1.94. The summed E-state index contributed by atoms with van der Waals surface area (Å²) in [5.74, 6) is 0. The zero-order chi connectivity index (χ0) is 11.5. The van der Waals surface area contributed by atoms with Gasteiger partial charge in [-0.3, -0.25) is 0 Å². The minimum absolute atomic E-state index is 0.508. The molecule has 2 aromatic rings. The van der Waals surface area contributed by atoms with Crippen molar-refractivity contribution >= 4 is 40.3 Å². The van der Waals surface area contributed by atoms with Crippen LogP contribution >= 0.6 is 23.2 Å².